The van der Waals surface area contributed by atoms with Gasteiger partial charge in [-0.3, -0.25) is 4.98 Å². The summed E-state index contributed by atoms with van der Waals surface area (Å²) in [7, 11) is -3.39. The molecule has 0 unspecified atom stereocenters. The molecule has 4 aromatic rings. The van der Waals surface area contributed by atoms with Gasteiger partial charge in [-0.05, 0) is 60.5 Å². The van der Waals surface area contributed by atoms with Crippen molar-refractivity contribution in [2.75, 3.05) is 6.26 Å². The number of hydrogen-bond donors (Lipinski definition) is 0. The van der Waals surface area contributed by atoms with E-state index in [0.717, 1.165) is 18.4 Å². The minimum absolute atomic E-state index is 0.160. The van der Waals surface area contributed by atoms with Crippen molar-refractivity contribution < 1.29 is 21.6 Å². The minimum atomic E-state index is -4.40. The summed E-state index contributed by atoms with van der Waals surface area (Å²) < 4.78 is 62.4. The molecule has 168 valence electrons. The van der Waals surface area contributed by atoms with E-state index in [0.29, 0.717) is 39.6 Å². The molecule has 0 spiro atoms. The van der Waals surface area contributed by atoms with Gasteiger partial charge in [0.25, 0.3) is 0 Å². The van der Waals surface area contributed by atoms with Crippen molar-refractivity contribution in [1.29, 1.82) is 0 Å². The van der Waals surface area contributed by atoms with Crippen LogP contribution in [0, 0.1) is 6.92 Å². The minimum Gasteiger partial charge on any atom is -0.251 e. The lowest BCUT2D eigenvalue weighted by atomic mass is 10.0. The smallest absolute Gasteiger partial charge is 0.251 e. The van der Waals surface area contributed by atoms with Gasteiger partial charge < -0.3 is 0 Å². The van der Waals surface area contributed by atoms with Gasteiger partial charge in [0.2, 0.25) is 0 Å². The molecule has 0 bridgehead atoms. The zero-order valence-corrected chi connectivity index (χ0v) is 18.4. The molecule has 9 heteroatoms. The number of alkyl halides is 3. The predicted molar refractivity (Wildman–Crippen MR) is 119 cm³/mol. The molecule has 2 aromatic carbocycles. The van der Waals surface area contributed by atoms with Crippen molar-refractivity contribution in [2.24, 2.45) is 0 Å². The van der Waals surface area contributed by atoms with Gasteiger partial charge in [0.1, 0.15) is 0 Å². The SMILES string of the molecule is Cc1cc(-c2ccc(C(F)(F)F)cc2)cc(-c2ccnc(-c3cccc(S(C)(=O)=O)c3)n2)n1. The third kappa shape index (κ3) is 5.09. The average molecular weight is 469 g/mol. The number of hydrogen-bond acceptors (Lipinski definition) is 5. The van der Waals surface area contributed by atoms with Gasteiger partial charge in [-0.2, -0.15) is 13.2 Å². The first kappa shape index (κ1) is 22.6. The summed E-state index contributed by atoms with van der Waals surface area (Å²) in [5, 5.41) is 0. The molecular formula is C24H18F3N3O2S. The van der Waals surface area contributed by atoms with Gasteiger partial charge in [-0.15, -0.1) is 0 Å². The van der Waals surface area contributed by atoms with E-state index in [1.807, 2.05) is 0 Å². The second-order valence-electron chi connectivity index (χ2n) is 7.52. The van der Waals surface area contributed by atoms with E-state index < -0.39 is 21.6 Å². The Morgan fingerprint density at radius 2 is 1.52 bits per heavy atom. The van der Waals surface area contributed by atoms with Crippen LogP contribution in [0.3, 0.4) is 0 Å². The Hall–Kier alpha value is -3.59. The van der Waals surface area contributed by atoms with Gasteiger partial charge in [0.15, 0.2) is 15.7 Å². The lowest BCUT2D eigenvalue weighted by molar-refractivity contribution is -0.137. The first-order valence-corrected chi connectivity index (χ1v) is 11.7. The Morgan fingerprint density at radius 1 is 0.788 bits per heavy atom. The summed E-state index contributed by atoms with van der Waals surface area (Å²) in [6, 6.07) is 16.5. The molecule has 0 fully saturated rings. The molecule has 0 saturated carbocycles. The molecule has 5 nitrogen and oxygen atoms in total. The van der Waals surface area contributed by atoms with Gasteiger partial charge in [-0.25, -0.2) is 18.4 Å². The molecule has 0 aliphatic heterocycles. The highest BCUT2D eigenvalue weighted by atomic mass is 32.2. The fraction of sp³-hybridized carbons (Fsp3) is 0.125. The molecule has 4 rings (SSSR count). The third-order valence-electron chi connectivity index (χ3n) is 4.94. The largest absolute Gasteiger partial charge is 0.416 e. The molecule has 0 atom stereocenters. The van der Waals surface area contributed by atoms with Crippen LogP contribution in [0.25, 0.3) is 33.9 Å². The van der Waals surface area contributed by atoms with Crippen LogP contribution in [0.4, 0.5) is 13.2 Å². The van der Waals surface area contributed by atoms with Crippen molar-refractivity contribution in [3.63, 3.8) is 0 Å². The summed E-state index contributed by atoms with van der Waals surface area (Å²) in [5.74, 6) is 0.331. The Kier molecular flexibility index (Phi) is 5.75. The highest BCUT2D eigenvalue weighted by Gasteiger charge is 2.30. The number of rotatable bonds is 4. The van der Waals surface area contributed by atoms with E-state index in [9.17, 15) is 21.6 Å². The number of benzene rings is 2. The maximum absolute atomic E-state index is 12.9. The molecule has 2 heterocycles. The van der Waals surface area contributed by atoms with Crippen LogP contribution in [-0.2, 0) is 16.0 Å². The zero-order chi connectivity index (χ0) is 23.8. The Balaban J connectivity index is 1.73. The summed E-state index contributed by atoms with van der Waals surface area (Å²) in [6.45, 7) is 1.79. The van der Waals surface area contributed by atoms with Gasteiger partial charge in [0, 0.05) is 23.7 Å². The third-order valence-corrected chi connectivity index (χ3v) is 6.05. The first-order chi connectivity index (χ1) is 15.5. The van der Waals surface area contributed by atoms with Crippen LogP contribution in [0.2, 0.25) is 0 Å². The number of aromatic nitrogens is 3. The summed E-state index contributed by atoms with van der Waals surface area (Å²) >= 11 is 0. The molecule has 0 N–H and O–H groups in total. The predicted octanol–water partition coefficient (Wildman–Crippen LogP) is 5.60. The van der Waals surface area contributed by atoms with E-state index in [-0.39, 0.29) is 4.90 Å². The molecule has 0 aliphatic carbocycles. The summed E-state index contributed by atoms with van der Waals surface area (Å²) in [5.41, 5.74) is 2.83. The molecule has 0 saturated heterocycles. The Labute approximate surface area is 188 Å². The number of pyridine rings is 1. The average Bonchev–Trinajstić information content (AvgIpc) is 2.78. The van der Waals surface area contributed by atoms with E-state index in [2.05, 4.69) is 15.0 Å². The number of sulfone groups is 1. The van der Waals surface area contributed by atoms with E-state index in [4.69, 9.17) is 0 Å². The monoisotopic (exact) mass is 469 g/mol. The van der Waals surface area contributed by atoms with Crippen LogP contribution in [0.5, 0.6) is 0 Å². The number of aryl methyl sites for hydroxylation is 1. The van der Waals surface area contributed by atoms with E-state index in [1.165, 1.54) is 24.3 Å². The molecule has 0 radical (unpaired) electrons. The molecule has 2 aromatic heterocycles. The summed E-state index contributed by atoms with van der Waals surface area (Å²) in [6.07, 6.45) is -1.72. The van der Waals surface area contributed by atoms with E-state index in [1.54, 1.807) is 43.5 Å². The molecule has 33 heavy (non-hydrogen) atoms. The molecule has 0 amide bonds. The second kappa shape index (κ2) is 8.40. The lowest BCUT2D eigenvalue weighted by Crippen LogP contribution is -2.04. The van der Waals surface area contributed by atoms with Crippen molar-refractivity contribution in [3.05, 3.63) is 84.2 Å². The molecule has 0 aliphatic rings. The number of nitrogens with zero attached hydrogens (tertiary/aromatic N) is 3. The fourth-order valence-electron chi connectivity index (χ4n) is 3.32. The maximum atomic E-state index is 12.9. The molecular weight excluding hydrogens is 451 g/mol. The van der Waals surface area contributed by atoms with E-state index >= 15 is 0 Å². The highest BCUT2D eigenvalue weighted by Crippen LogP contribution is 2.32. The van der Waals surface area contributed by atoms with Crippen molar-refractivity contribution in [2.45, 2.75) is 18.0 Å². The quantitative estimate of drug-likeness (QED) is 0.389. The van der Waals surface area contributed by atoms with Crippen LogP contribution < -0.4 is 0 Å². The van der Waals surface area contributed by atoms with Gasteiger partial charge >= 0.3 is 6.18 Å². The van der Waals surface area contributed by atoms with Crippen molar-refractivity contribution >= 4 is 9.84 Å². The highest BCUT2D eigenvalue weighted by molar-refractivity contribution is 7.90. The maximum Gasteiger partial charge on any atom is 0.416 e. The number of halogens is 3. The van der Waals surface area contributed by atoms with Gasteiger partial charge in [0.05, 0.1) is 21.8 Å². The zero-order valence-electron chi connectivity index (χ0n) is 17.6. The fourth-order valence-corrected chi connectivity index (χ4v) is 3.99. The normalized spacial score (nSPS) is 12.0. The van der Waals surface area contributed by atoms with Crippen LogP contribution in [-0.4, -0.2) is 29.6 Å². The topological polar surface area (TPSA) is 72.8 Å². The standard InChI is InChI=1S/C24H18F3N3O2S/c1-15-12-18(16-6-8-19(9-7-16)24(25,26)27)14-22(29-15)21-10-11-28-23(30-21)17-4-3-5-20(13-17)33(2,31)32/h3-14H,1-2H3. The Morgan fingerprint density at radius 3 is 2.18 bits per heavy atom. The van der Waals surface area contributed by atoms with Crippen LogP contribution >= 0.6 is 0 Å². The van der Waals surface area contributed by atoms with Crippen molar-refractivity contribution in [1.82, 2.24) is 15.0 Å². The summed E-state index contributed by atoms with van der Waals surface area (Å²) in [4.78, 5) is 13.5. The first-order valence-electron chi connectivity index (χ1n) is 9.81. The van der Waals surface area contributed by atoms with Crippen LogP contribution in [0.1, 0.15) is 11.3 Å². The van der Waals surface area contributed by atoms with Gasteiger partial charge in [-0.1, -0.05) is 24.3 Å². The lowest BCUT2D eigenvalue weighted by Gasteiger charge is -2.10. The van der Waals surface area contributed by atoms with Crippen LogP contribution in [0.15, 0.2) is 77.8 Å². The Bertz CT molecular complexity index is 1430. The second-order valence-corrected chi connectivity index (χ2v) is 9.54. The van der Waals surface area contributed by atoms with Crippen molar-refractivity contribution in [3.8, 4) is 33.9 Å².